The second kappa shape index (κ2) is 6.24. The molecule has 0 aromatic heterocycles. The van der Waals surface area contributed by atoms with Crippen LogP contribution in [0.3, 0.4) is 0 Å². The van der Waals surface area contributed by atoms with Crippen LogP contribution in [-0.4, -0.2) is 20.2 Å². The van der Waals surface area contributed by atoms with Crippen LogP contribution in [-0.2, 0) is 0 Å². The molecule has 2 unspecified atom stereocenters. The normalized spacial score (nSPS) is 22.6. The minimum atomic E-state index is 0.684. The average molecular weight is 247 g/mol. The number of aryl methyl sites for hydroxylation is 1. The Kier molecular flexibility index (Phi) is 4.65. The van der Waals surface area contributed by atoms with E-state index in [1.54, 1.807) is 7.11 Å². The van der Waals surface area contributed by atoms with Gasteiger partial charge in [0.1, 0.15) is 5.75 Å². The summed E-state index contributed by atoms with van der Waals surface area (Å²) in [5, 5.41) is 3.55. The number of hydrogen-bond donors (Lipinski definition) is 1. The van der Waals surface area contributed by atoms with Crippen molar-refractivity contribution in [2.75, 3.05) is 20.2 Å². The van der Waals surface area contributed by atoms with Crippen molar-refractivity contribution in [1.29, 1.82) is 0 Å². The van der Waals surface area contributed by atoms with Gasteiger partial charge in [0.25, 0.3) is 0 Å². The predicted molar refractivity (Wildman–Crippen MR) is 76.4 cm³/mol. The lowest BCUT2D eigenvalue weighted by Gasteiger charge is -2.38. The van der Waals surface area contributed by atoms with Crippen molar-refractivity contribution in [1.82, 2.24) is 5.32 Å². The smallest absolute Gasteiger partial charge is 0.122 e. The lowest BCUT2D eigenvalue weighted by Crippen LogP contribution is -2.34. The van der Waals surface area contributed by atoms with Gasteiger partial charge in [-0.05, 0) is 62.7 Å². The molecule has 0 radical (unpaired) electrons. The molecule has 0 aliphatic heterocycles. The number of nitrogens with one attached hydrogen (secondary N) is 1. The summed E-state index contributed by atoms with van der Waals surface area (Å²) in [7, 11) is 1.77. The van der Waals surface area contributed by atoms with Gasteiger partial charge in [-0.2, -0.15) is 0 Å². The Bertz CT molecular complexity index is 389. The predicted octanol–water partition coefficient (Wildman–Crippen LogP) is 3.50. The Morgan fingerprint density at radius 1 is 1.33 bits per heavy atom. The Morgan fingerprint density at radius 3 is 2.78 bits per heavy atom. The van der Waals surface area contributed by atoms with Crippen LogP contribution < -0.4 is 10.1 Å². The molecule has 2 nitrogen and oxygen atoms in total. The highest BCUT2D eigenvalue weighted by molar-refractivity contribution is 5.40. The van der Waals surface area contributed by atoms with Gasteiger partial charge in [-0.15, -0.1) is 0 Å². The van der Waals surface area contributed by atoms with E-state index in [9.17, 15) is 0 Å². The molecule has 0 spiro atoms. The zero-order valence-corrected chi connectivity index (χ0v) is 11.8. The fraction of sp³-hybridized carbons (Fsp3) is 0.625. The number of rotatable bonds is 6. The van der Waals surface area contributed by atoms with E-state index in [1.807, 2.05) is 0 Å². The standard InChI is InChI=1S/C16H25NO/c1-4-9-17-11-13-6-7-14(13)15-10-12(2)5-8-16(15)18-3/h5,8,10,13-14,17H,4,6-7,9,11H2,1-3H3. The highest BCUT2D eigenvalue weighted by Gasteiger charge is 2.33. The molecular weight excluding hydrogens is 222 g/mol. The lowest BCUT2D eigenvalue weighted by atomic mass is 9.69. The third-order valence-corrected chi connectivity index (χ3v) is 4.04. The highest BCUT2D eigenvalue weighted by Crippen LogP contribution is 2.45. The molecule has 1 aromatic rings. The van der Waals surface area contributed by atoms with E-state index in [-0.39, 0.29) is 0 Å². The fourth-order valence-corrected chi connectivity index (χ4v) is 2.83. The summed E-state index contributed by atoms with van der Waals surface area (Å²) < 4.78 is 5.51. The van der Waals surface area contributed by atoms with Gasteiger partial charge in [-0.25, -0.2) is 0 Å². The molecule has 2 rings (SSSR count). The third kappa shape index (κ3) is 2.86. The zero-order valence-electron chi connectivity index (χ0n) is 11.8. The van der Waals surface area contributed by atoms with Gasteiger partial charge in [0.2, 0.25) is 0 Å². The molecule has 0 heterocycles. The zero-order chi connectivity index (χ0) is 13.0. The Hall–Kier alpha value is -1.02. The monoisotopic (exact) mass is 247 g/mol. The molecule has 1 fully saturated rings. The molecule has 18 heavy (non-hydrogen) atoms. The SMILES string of the molecule is CCCNCC1CCC1c1cc(C)ccc1OC. The van der Waals surface area contributed by atoms with Crippen molar-refractivity contribution in [3.63, 3.8) is 0 Å². The highest BCUT2D eigenvalue weighted by atomic mass is 16.5. The molecule has 0 saturated heterocycles. The summed E-state index contributed by atoms with van der Waals surface area (Å²) in [6, 6.07) is 6.54. The van der Waals surface area contributed by atoms with Crippen LogP contribution in [0.2, 0.25) is 0 Å². The second-order valence-corrected chi connectivity index (χ2v) is 5.39. The summed E-state index contributed by atoms with van der Waals surface area (Å²) in [4.78, 5) is 0. The van der Waals surface area contributed by atoms with Crippen LogP contribution in [0.25, 0.3) is 0 Å². The largest absolute Gasteiger partial charge is 0.496 e. The Balaban J connectivity index is 2.04. The van der Waals surface area contributed by atoms with Crippen molar-refractivity contribution in [3.05, 3.63) is 29.3 Å². The van der Waals surface area contributed by atoms with Crippen molar-refractivity contribution in [2.45, 2.75) is 39.0 Å². The topological polar surface area (TPSA) is 21.3 Å². The second-order valence-electron chi connectivity index (χ2n) is 5.39. The molecule has 1 aromatic carbocycles. The van der Waals surface area contributed by atoms with E-state index < -0.39 is 0 Å². The summed E-state index contributed by atoms with van der Waals surface area (Å²) in [5.74, 6) is 2.53. The van der Waals surface area contributed by atoms with E-state index >= 15 is 0 Å². The molecule has 1 N–H and O–H groups in total. The van der Waals surface area contributed by atoms with Crippen molar-refractivity contribution in [3.8, 4) is 5.75 Å². The van der Waals surface area contributed by atoms with Gasteiger partial charge in [-0.1, -0.05) is 24.6 Å². The maximum Gasteiger partial charge on any atom is 0.122 e. The van der Waals surface area contributed by atoms with Crippen LogP contribution in [0.15, 0.2) is 18.2 Å². The molecule has 1 aliphatic carbocycles. The fourth-order valence-electron chi connectivity index (χ4n) is 2.83. The Labute approximate surface area is 111 Å². The van der Waals surface area contributed by atoms with E-state index in [0.29, 0.717) is 5.92 Å². The number of hydrogen-bond acceptors (Lipinski definition) is 2. The molecule has 1 aliphatic rings. The van der Waals surface area contributed by atoms with Gasteiger partial charge < -0.3 is 10.1 Å². The first-order valence-electron chi connectivity index (χ1n) is 7.11. The third-order valence-electron chi connectivity index (χ3n) is 4.04. The number of benzene rings is 1. The summed E-state index contributed by atoms with van der Waals surface area (Å²) >= 11 is 0. The number of methoxy groups -OCH3 is 1. The first-order chi connectivity index (χ1) is 8.76. The maximum atomic E-state index is 5.51. The maximum absolute atomic E-state index is 5.51. The van der Waals surface area contributed by atoms with E-state index in [1.165, 1.54) is 30.4 Å². The van der Waals surface area contributed by atoms with Crippen LogP contribution >= 0.6 is 0 Å². The minimum absolute atomic E-state index is 0.684. The molecular formula is C16H25NO. The van der Waals surface area contributed by atoms with Crippen molar-refractivity contribution < 1.29 is 4.74 Å². The summed E-state index contributed by atoms with van der Waals surface area (Å²) in [6.07, 6.45) is 3.86. The van der Waals surface area contributed by atoms with E-state index in [2.05, 4.69) is 37.4 Å². The molecule has 0 bridgehead atoms. The first kappa shape index (κ1) is 13.4. The molecule has 2 atom stereocenters. The lowest BCUT2D eigenvalue weighted by molar-refractivity contribution is 0.240. The van der Waals surface area contributed by atoms with Gasteiger partial charge in [-0.3, -0.25) is 0 Å². The van der Waals surface area contributed by atoms with Gasteiger partial charge >= 0.3 is 0 Å². The van der Waals surface area contributed by atoms with E-state index in [0.717, 1.165) is 24.8 Å². The minimum Gasteiger partial charge on any atom is -0.496 e. The van der Waals surface area contributed by atoms with Crippen LogP contribution in [0.1, 0.15) is 43.2 Å². The van der Waals surface area contributed by atoms with Crippen molar-refractivity contribution in [2.24, 2.45) is 5.92 Å². The van der Waals surface area contributed by atoms with E-state index in [4.69, 9.17) is 4.74 Å². The first-order valence-corrected chi connectivity index (χ1v) is 7.11. The van der Waals surface area contributed by atoms with Crippen LogP contribution in [0.5, 0.6) is 5.75 Å². The quantitative estimate of drug-likeness (QED) is 0.777. The summed E-state index contributed by atoms with van der Waals surface area (Å²) in [5.41, 5.74) is 2.74. The average Bonchev–Trinajstić information content (AvgIpc) is 2.33. The van der Waals surface area contributed by atoms with Crippen molar-refractivity contribution >= 4 is 0 Å². The molecule has 1 saturated carbocycles. The van der Waals surface area contributed by atoms with Gasteiger partial charge in [0, 0.05) is 0 Å². The van der Waals surface area contributed by atoms with Crippen LogP contribution in [0.4, 0.5) is 0 Å². The molecule has 2 heteroatoms. The van der Waals surface area contributed by atoms with Crippen LogP contribution in [0, 0.1) is 12.8 Å². The molecule has 100 valence electrons. The Morgan fingerprint density at radius 2 is 2.17 bits per heavy atom. The number of ether oxygens (including phenoxy) is 1. The van der Waals surface area contributed by atoms with Gasteiger partial charge in [0.05, 0.1) is 7.11 Å². The summed E-state index contributed by atoms with van der Waals surface area (Å²) in [6.45, 7) is 6.66. The van der Waals surface area contributed by atoms with Gasteiger partial charge in [0.15, 0.2) is 0 Å². The molecule has 0 amide bonds.